The molecule has 4 aromatic rings. The van der Waals surface area contributed by atoms with Crippen LogP contribution in [0.4, 0.5) is 0 Å². The fourth-order valence-corrected chi connectivity index (χ4v) is 5.85. The Morgan fingerprint density at radius 2 is 1.13 bits per heavy atom. The van der Waals surface area contributed by atoms with Gasteiger partial charge in [0.25, 0.3) is 0 Å². The van der Waals surface area contributed by atoms with Crippen molar-refractivity contribution in [2.24, 2.45) is 0 Å². The summed E-state index contributed by atoms with van der Waals surface area (Å²) >= 11 is 6.41. The molecule has 0 aliphatic heterocycles. The highest BCUT2D eigenvalue weighted by atomic mass is 35.5. The fraction of sp³-hybridized carbons (Fsp3) is 0.207. The first-order valence-electron chi connectivity index (χ1n) is 11.3. The Labute approximate surface area is 189 Å². The molecule has 0 saturated carbocycles. The highest BCUT2D eigenvalue weighted by Gasteiger charge is 2.37. The molecule has 0 amide bonds. The number of hydrogen-bond acceptors (Lipinski definition) is 0. The molecule has 0 atom stereocenters. The molecule has 2 aliphatic rings. The van der Waals surface area contributed by atoms with Crippen LogP contribution < -0.4 is 4.57 Å². The number of aromatic nitrogens is 1. The third kappa shape index (κ3) is 2.95. The van der Waals surface area contributed by atoms with E-state index in [1.165, 1.54) is 55.9 Å². The van der Waals surface area contributed by atoms with Crippen LogP contribution in [0.2, 0.25) is 0 Å². The lowest BCUT2D eigenvalue weighted by atomic mass is 9.77. The van der Waals surface area contributed by atoms with Gasteiger partial charge in [-0.15, -0.1) is 11.6 Å². The summed E-state index contributed by atoms with van der Waals surface area (Å²) in [5.41, 5.74) is 14.2. The molecule has 0 bridgehead atoms. The third-order valence-corrected chi connectivity index (χ3v) is 7.09. The zero-order valence-corrected chi connectivity index (χ0v) is 18.3. The van der Waals surface area contributed by atoms with Gasteiger partial charge < -0.3 is 0 Å². The lowest BCUT2D eigenvalue weighted by Crippen LogP contribution is -2.44. The minimum Gasteiger partial charge on any atom is -0.190 e. The molecule has 0 radical (unpaired) electrons. The summed E-state index contributed by atoms with van der Waals surface area (Å²) in [7, 11) is 0. The van der Waals surface area contributed by atoms with Gasteiger partial charge in [-0.2, -0.15) is 4.57 Å². The second kappa shape index (κ2) is 7.66. The minimum atomic E-state index is 0.610. The van der Waals surface area contributed by atoms with Gasteiger partial charge in [0, 0.05) is 27.8 Å². The van der Waals surface area contributed by atoms with Gasteiger partial charge in [-0.05, 0) is 54.5 Å². The van der Waals surface area contributed by atoms with Crippen LogP contribution in [0.15, 0.2) is 78.9 Å². The molecule has 0 unspecified atom stereocenters. The van der Waals surface area contributed by atoms with E-state index in [4.69, 9.17) is 11.6 Å². The van der Waals surface area contributed by atoms with Crippen molar-refractivity contribution < 1.29 is 4.57 Å². The Balaban J connectivity index is 1.79. The monoisotopic (exact) mass is 422 g/mol. The van der Waals surface area contributed by atoms with E-state index in [1.54, 1.807) is 0 Å². The van der Waals surface area contributed by atoms with Crippen molar-refractivity contribution in [3.05, 3.63) is 101 Å². The Bertz CT molecular complexity index is 1210. The van der Waals surface area contributed by atoms with Crippen LogP contribution in [0.5, 0.6) is 0 Å². The molecule has 31 heavy (non-hydrogen) atoms. The molecule has 2 aliphatic carbocycles. The van der Waals surface area contributed by atoms with Crippen molar-refractivity contribution in [1.82, 2.24) is 0 Å². The van der Waals surface area contributed by atoms with Crippen molar-refractivity contribution in [2.75, 3.05) is 5.88 Å². The lowest BCUT2D eigenvalue weighted by Gasteiger charge is -2.28. The van der Waals surface area contributed by atoms with Crippen LogP contribution in [0.25, 0.3) is 33.6 Å². The summed E-state index contributed by atoms with van der Waals surface area (Å²) in [5, 5.41) is 0. The van der Waals surface area contributed by atoms with Crippen LogP contribution in [-0.2, 0) is 32.2 Å². The van der Waals surface area contributed by atoms with E-state index in [9.17, 15) is 0 Å². The maximum atomic E-state index is 6.41. The van der Waals surface area contributed by atoms with Crippen molar-refractivity contribution in [1.29, 1.82) is 0 Å². The lowest BCUT2D eigenvalue weighted by molar-refractivity contribution is -0.671. The average Bonchev–Trinajstić information content (AvgIpc) is 2.84. The van der Waals surface area contributed by atoms with Crippen LogP contribution in [0.3, 0.4) is 0 Å². The number of alkyl halides is 1. The largest absolute Gasteiger partial charge is 0.217 e. The average molecular weight is 423 g/mol. The first kappa shape index (κ1) is 18.8. The maximum Gasteiger partial charge on any atom is 0.217 e. The number of benzene rings is 3. The standard InChI is InChI=1S/C29H25ClN/c30-18-19-31-28-23-12-6-4-8-20(23)14-16-25(28)27(22-10-2-1-3-11-22)26-17-15-21-9-5-7-13-24(21)29(26)31/h1-13H,14-19H2/q+1. The second-order valence-electron chi connectivity index (χ2n) is 8.55. The number of halogens is 1. The number of pyridine rings is 1. The zero-order valence-electron chi connectivity index (χ0n) is 17.6. The molecule has 1 nitrogen and oxygen atoms in total. The van der Waals surface area contributed by atoms with Gasteiger partial charge in [-0.1, -0.05) is 66.7 Å². The molecule has 0 fully saturated rings. The predicted octanol–water partition coefficient (Wildman–Crippen LogP) is 6.41. The summed E-state index contributed by atoms with van der Waals surface area (Å²) in [5.74, 6) is 0.610. The summed E-state index contributed by atoms with van der Waals surface area (Å²) in [6.07, 6.45) is 4.35. The Kier molecular flexibility index (Phi) is 4.65. The number of aryl methyl sites for hydroxylation is 2. The van der Waals surface area contributed by atoms with Gasteiger partial charge in [0.2, 0.25) is 11.4 Å². The highest BCUT2D eigenvalue weighted by molar-refractivity contribution is 6.17. The molecular weight excluding hydrogens is 398 g/mol. The van der Waals surface area contributed by atoms with E-state index < -0.39 is 0 Å². The van der Waals surface area contributed by atoms with Crippen LogP contribution in [0.1, 0.15) is 22.3 Å². The van der Waals surface area contributed by atoms with Crippen molar-refractivity contribution in [2.45, 2.75) is 32.2 Å². The summed E-state index contributed by atoms with van der Waals surface area (Å²) in [4.78, 5) is 0. The van der Waals surface area contributed by atoms with E-state index in [1.807, 2.05) is 0 Å². The summed E-state index contributed by atoms with van der Waals surface area (Å²) in [6.45, 7) is 0.823. The minimum absolute atomic E-state index is 0.610. The Morgan fingerprint density at radius 1 is 0.613 bits per heavy atom. The van der Waals surface area contributed by atoms with E-state index in [-0.39, 0.29) is 0 Å². The highest BCUT2D eigenvalue weighted by Crippen LogP contribution is 2.44. The Hall–Kier alpha value is -2.90. The smallest absolute Gasteiger partial charge is 0.190 e. The fourth-order valence-electron chi connectivity index (χ4n) is 5.68. The molecule has 0 N–H and O–H groups in total. The molecular formula is C29H25ClN+. The van der Waals surface area contributed by atoms with Gasteiger partial charge in [0.1, 0.15) is 0 Å². The van der Waals surface area contributed by atoms with Gasteiger partial charge in [-0.25, -0.2) is 0 Å². The van der Waals surface area contributed by atoms with Crippen LogP contribution >= 0.6 is 11.6 Å². The first-order valence-corrected chi connectivity index (χ1v) is 11.8. The van der Waals surface area contributed by atoms with Gasteiger partial charge in [0.05, 0.1) is 5.88 Å². The molecule has 1 aromatic heterocycles. The molecule has 2 heteroatoms. The predicted molar refractivity (Wildman–Crippen MR) is 128 cm³/mol. The van der Waals surface area contributed by atoms with E-state index in [0.29, 0.717) is 5.88 Å². The van der Waals surface area contributed by atoms with E-state index in [0.717, 1.165) is 32.2 Å². The number of rotatable bonds is 3. The molecule has 1 heterocycles. The van der Waals surface area contributed by atoms with Gasteiger partial charge >= 0.3 is 0 Å². The maximum absolute atomic E-state index is 6.41. The van der Waals surface area contributed by atoms with Gasteiger partial charge in [0.15, 0.2) is 6.54 Å². The van der Waals surface area contributed by atoms with Crippen molar-refractivity contribution in [3.8, 4) is 33.6 Å². The SMILES string of the molecule is ClCC[n+]1c2c(c(-c3ccccc3)c3c1-c1ccccc1CC3)CCc1ccccc1-2. The third-order valence-electron chi connectivity index (χ3n) is 6.92. The van der Waals surface area contributed by atoms with Gasteiger partial charge in [-0.3, -0.25) is 0 Å². The van der Waals surface area contributed by atoms with Crippen LogP contribution in [0, 0.1) is 0 Å². The number of fused-ring (bicyclic) bond motifs is 6. The van der Waals surface area contributed by atoms with E-state index in [2.05, 4.69) is 83.4 Å². The van der Waals surface area contributed by atoms with Crippen molar-refractivity contribution in [3.63, 3.8) is 0 Å². The number of nitrogens with zero attached hydrogens (tertiary/aromatic N) is 1. The molecule has 6 rings (SSSR count). The molecule has 0 spiro atoms. The van der Waals surface area contributed by atoms with Crippen molar-refractivity contribution >= 4 is 11.6 Å². The number of hydrogen-bond donors (Lipinski definition) is 0. The molecule has 3 aromatic carbocycles. The second-order valence-corrected chi connectivity index (χ2v) is 8.93. The van der Waals surface area contributed by atoms with E-state index >= 15 is 0 Å². The topological polar surface area (TPSA) is 3.88 Å². The summed E-state index contributed by atoms with van der Waals surface area (Å²) < 4.78 is 2.54. The Morgan fingerprint density at radius 3 is 1.68 bits per heavy atom. The summed E-state index contributed by atoms with van der Waals surface area (Å²) in [6, 6.07) is 28.9. The molecule has 0 saturated heterocycles. The normalized spacial score (nSPS) is 13.7. The van der Waals surface area contributed by atoms with Crippen LogP contribution in [-0.4, -0.2) is 5.88 Å². The molecule has 152 valence electrons. The quantitative estimate of drug-likeness (QED) is 0.265. The zero-order chi connectivity index (χ0) is 20.8. The first-order chi connectivity index (χ1) is 15.4.